The minimum absolute atomic E-state index is 0.0365. The van der Waals surface area contributed by atoms with Gasteiger partial charge in [-0.3, -0.25) is 9.59 Å². The Morgan fingerprint density at radius 3 is 2.78 bits per heavy atom. The van der Waals surface area contributed by atoms with Crippen LogP contribution in [0.3, 0.4) is 0 Å². The van der Waals surface area contributed by atoms with Gasteiger partial charge in [0.05, 0.1) is 23.6 Å². The predicted molar refractivity (Wildman–Crippen MR) is 125 cm³/mol. The molecule has 1 aliphatic heterocycles. The highest BCUT2D eigenvalue weighted by molar-refractivity contribution is 6.35. The van der Waals surface area contributed by atoms with Crippen LogP contribution < -0.4 is 0 Å². The predicted octanol–water partition coefficient (Wildman–Crippen LogP) is 4.74. The topological polar surface area (TPSA) is 64.4 Å². The molecule has 2 aromatic carbocycles. The van der Waals surface area contributed by atoms with Crippen LogP contribution in [0.4, 0.5) is 0 Å². The molecule has 0 aliphatic carbocycles. The second-order valence-electron chi connectivity index (χ2n) is 7.95. The van der Waals surface area contributed by atoms with E-state index in [0.29, 0.717) is 36.2 Å². The maximum Gasteiger partial charge on any atom is 0.310 e. The fourth-order valence-electron chi connectivity index (χ4n) is 4.16. The van der Waals surface area contributed by atoms with Crippen molar-refractivity contribution in [3.05, 3.63) is 63.9 Å². The van der Waals surface area contributed by atoms with E-state index in [4.69, 9.17) is 32.9 Å². The van der Waals surface area contributed by atoms with Gasteiger partial charge in [0, 0.05) is 29.6 Å². The fourth-order valence-corrected chi connectivity index (χ4v) is 4.64. The van der Waals surface area contributed by atoms with Crippen LogP contribution in [0.5, 0.6) is 0 Å². The van der Waals surface area contributed by atoms with Crippen LogP contribution in [0.1, 0.15) is 31.2 Å². The van der Waals surface area contributed by atoms with E-state index in [9.17, 15) is 9.59 Å². The molecule has 4 rings (SSSR count). The molecule has 1 amide bonds. The fraction of sp³-hybridized carbons (Fsp3) is 0.375. The lowest BCUT2D eigenvalue weighted by molar-refractivity contribution is -0.151. The van der Waals surface area contributed by atoms with Crippen molar-refractivity contribution in [3.8, 4) is 0 Å². The monoisotopic (exact) mass is 473 g/mol. The summed E-state index contributed by atoms with van der Waals surface area (Å²) in [4.78, 5) is 31.9. The van der Waals surface area contributed by atoms with E-state index in [0.717, 1.165) is 35.3 Å². The van der Waals surface area contributed by atoms with Crippen LogP contribution in [0, 0.1) is 5.92 Å². The zero-order valence-corrected chi connectivity index (χ0v) is 19.4. The molecule has 1 saturated heterocycles. The van der Waals surface area contributed by atoms with Gasteiger partial charge in [0.1, 0.15) is 12.4 Å². The van der Waals surface area contributed by atoms with Gasteiger partial charge in [-0.1, -0.05) is 41.4 Å². The first-order chi connectivity index (χ1) is 15.5. The number of ether oxygens (including phenoxy) is 1. The molecule has 0 radical (unpaired) electrons. The molecule has 6 nitrogen and oxygen atoms in total. The average Bonchev–Trinajstić information content (AvgIpc) is 3.13. The lowest BCUT2D eigenvalue weighted by Crippen LogP contribution is -2.44. The van der Waals surface area contributed by atoms with Gasteiger partial charge in [0.25, 0.3) is 0 Å². The van der Waals surface area contributed by atoms with Crippen molar-refractivity contribution < 1.29 is 14.3 Å². The largest absolute Gasteiger partial charge is 0.466 e. The van der Waals surface area contributed by atoms with Crippen molar-refractivity contribution in [2.45, 2.75) is 32.7 Å². The number of esters is 1. The van der Waals surface area contributed by atoms with E-state index in [1.54, 1.807) is 24.0 Å². The first kappa shape index (κ1) is 22.6. The summed E-state index contributed by atoms with van der Waals surface area (Å²) >= 11 is 12.4. The van der Waals surface area contributed by atoms with Gasteiger partial charge in [0.15, 0.2) is 0 Å². The number of fused-ring (bicyclic) bond motifs is 1. The van der Waals surface area contributed by atoms with Crippen molar-refractivity contribution in [1.82, 2.24) is 14.5 Å². The lowest BCUT2D eigenvalue weighted by Gasteiger charge is -2.31. The molecule has 0 spiro atoms. The Morgan fingerprint density at radius 1 is 1.19 bits per heavy atom. The molecule has 0 unspecified atom stereocenters. The molecule has 8 heteroatoms. The Labute approximate surface area is 197 Å². The molecule has 0 bridgehead atoms. The van der Waals surface area contributed by atoms with E-state index in [2.05, 4.69) is 0 Å². The molecule has 1 fully saturated rings. The van der Waals surface area contributed by atoms with E-state index >= 15 is 0 Å². The average molecular weight is 474 g/mol. The molecular formula is C24H25Cl2N3O3. The molecule has 0 saturated carbocycles. The number of para-hydroxylation sites is 2. The van der Waals surface area contributed by atoms with Gasteiger partial charge in [0.2, 0.25) is 5.91 Å². The van der Waals surface area contributed by atoms with E-state index in [1.807, 2.05) is 34.9 Å². The maximum atomic E-state index is 13.2. The van der Waals surface area contributed by atoms with Crippen LogP contribution in [-0.2, 0) is 27.3 Å². The van der Waals surface area contributed by atoms with Gasteiger partial charge >= 0.3 is 5.97 Å². The molecule has 1 aliphatic rings. The number of aromatic nitrogens is 2. The van der Waals surface area contributed by atoms with Gasteiger partial charge in [-0.25, -0.2) is 4.98 Å². The maximum absolute atomic E-state index is 13.2. The Morgan fingerprint density at radius 2 is 2.00 bits per heavy atom. The van der Waals surface area contributed by atoms with Crippen molar-refractivity contribution in [2.75, 3.05) is 19.7 Å². The number of likely N-dealkylation sites (tertiary alicyclic amines) is 1. The van der Waals surface area contributed by atoms with Crippen LogP contribution >= 0.6 is 23.2 Å². The summed E-state index contributed by atoms with van der Waals surface area (Å²) < 4.78 is 7.11. The molecule has 1 aromatic heterocycles. The van der Waals surface area contributed by atoms with Gasteiger partial charge in [-0.05, 0) is 49.6 Å². The molecule has 2 heterocycles. The van der Waals surface area contributed by atoms with Crippen LogP contribution in [-0.4, -0.2) is 46.0 Å². The molecule has 168 valence electrons. The lowest BCUT2D eigenvalue weighted by atomic mass is 9.98. The van der Waals surface area contributed by atoms with Crippen molar-refractivity contribution in [2.24, 2.45) is 5.92 Å². The quantitative estimate of drug-likeness (QED) is 0.485. The number of nitrogens with zero attached hydrogens (tertiary/aromatic N) is 3. The Balaban J connectivity index is 1.58. The summed E-state index contributed by atoms with van der Waals surface area (Å²) in [6.45, 7) is 3.32. The number of carbonyl (C=O) groups excluding carboxylic acids is 2. The first-order valence-corrected chi connectivity index (χ1v) is 11.5. The highest BCUT2D eigenvalue weighted by atomic mass is 35.5. The number of piperidine rings is 1. The molecule has 0 N–H and O–H groups in total. The third kappa shape index (κ3) is 4.92. The summed E-state index contributed by atoms with van der Waals surface area (Å²) in [7, 11) is 0. The number of carbonyl (C=O) groups is 2. The smallest absolute Gasteiger partial charge is 0.310 e. The van der Waals surface area contributed by atoms with Crippen LogP contribution in [0.15, 0.2) is 42.5 Å². The summed E-state index contributed by atoms with van der Waals surface area (Å²) in [6.07, 6.45) is 2.01. The van der Waals surface area contributed by atoms with E-state index < -0.39 is 0 Å². The Bertz CT molecular complexity index is 1140. The van der Waals surface area contributed by atoms with Crippen molar-refractivity contribution in [3.63, 3.8) is 0 Å². The highest BCUT2D eigenvalue weighted by Crippen LogP contribution is 2.26. The normalized spacial score (nSPS) is 16.3. The summed E-state index contributed by atoms with van der Waals surface area (Å²) in [5.74, 6) is 0.226. The summed E-state index contributed by atoms with van der Waals surface area (Å²) in [5.41, 5.74) is 2.60. The number of benzene rings is 2. The SMILES string of the molecule is CCOC(=O)[C@H]1CCCN(C(=O)Cn2c(Cc3ccc(Cl)cc3Cl)nc3ccccc32)C1. The van der Waals surface area contributed by atoms with Crippen molar-refractivity contribution in [1.29, 1.82) is 0 Å². The third-order valence-corrected chi connectivity index (χ3v) is 6.37. The minimum atomic E-state index is -0.264. The summed E-state index contributed by atoms with van der Waals surface area (Å²) in [5, 5.41) is 1.14. The number of hydrogen-bond donors (Lipinski definition) is 0. The number of imidazole rings is 1. The van der Waals surface area contributed by atoms with Crippen LogP contribution in [0.2, 0.25) is 10.0 Å². The molecule has 32 heavy (non-hydrogen) atoms. The summed E-state index contributed by atoms with van der Waals surface area (Å²) in [6, 6.07) is 13.1. The molecular weight excluding hydrogens is 449 g/mol. The van der Waals surface area contributed by atoms with Gasteiger partial charge in [-0.15, -0.1) is 0 Å². The number of hydrogen-bond acceptors (Lipinski definition) is 4. The molecule has 1 atom stereocenters. The van der Waals surface area contributed by atoms with E-state index in [1.165, 1.54) is 0 Å². The standard InChI is InChI=1S/C24H25Cl2N3O3/c1-2-32-24(31)17-6-5-11-28(14-17)23(30)15-29-21-8-4-3-7-20(21)27-22(29)12-16-9-10-18(25)13-19(16)26/h3-4,7-10,13,17H,2,5-6,11-12,14-15H2,1H3/t17-/m0/s1. The molecule has 3 aromatic rings. The minimum Gasteiger partial charge on any atom is -0.466 e. The van der Waals surface area contributed by atoms with E-state index in [-0.39, 0.29) is 24.3 Å². The number of amides is 1. The second-order valence-corrected chi connectivity index (χ2v) is 8.79. The Kier molecular flexibility index (Phi) is 7.01. The van der Waals surface area contributed by atoms with Gasteiger partial charge in [-0.2, -0.15) is 0 Å². The zero-order valence-electron chi connectivity index (χ0n) is 17.9. The van der Waals surface area contributed by atoms with Gasteiger partial charge < -0.3 is 14.2 Å². The zero-order chi connectivity index (χ0) is 22.7. The first-order valence-electron chi connectivity index (χ1n) is 10.8. The van der Waals surface area contributed by atoms with Crippen molar-refractivity contribution >= 4 is 46.1 Å². The highest BCUT2D eigenvalue weighted by Gasteiger charge is 2.30. The Hall–Kier alpha value is -2.57. The van der Waals surface area contributed by atoms with Crippen LogP contribution in [0.25, 0.3) is 11.0 Å². The third-order valence-electron chi connectivity index (χ3n) is 5.78. The second kappa shape index (κ2) is 9.92. The number of halogens is 2. The number of rotatable bonds is 6.